The Morgan fingerprint density at radius 2 is 1.92 bits per heavy atom. The molecular weight excluding hydrogens is 324 g/mol. The molecule has 0 spiro atoms. The van der Waals surface area contributed by atoms with Crippen LogP contribution in [-0.4, -0.2) is 39.7 Å². The first kappa shape index (κ1) is 17.3. The predicted molar refractivity (Wildman–Crippen MR) is 103 cm³/mol. The van der Waals surface area contributed by atoms with Crippen LogP contribution in [-0.2, 0) is 24.7 Å². The van der Waals surface area contributed by atoms with Crippen LogP contribution >= 0.6 is 0 Å². The van der Waals surface area contributed by atoms with Gasteiger partial charge in [0.05, 0.1) is 5.69 Å². The molecule has 0 unspecified atom stereocenters. The van der Waals surface area contributed by atoms with Gasteiger partial charge >= 0.3 is 0 Å². The van der Waals surface area contributed by atoms with Crippen LogP contribution in [0, 0.1) is 5.92 Å². The normalized spacial score (nSPS) is 23.4. The van der Waals surface area contributed by atoms with Crippen molar-refractivity contribution in [1.82, 2.24) is 14.7 Å². The second-order valence-electron chi connectivity index (χ2n) is 7.71. The third-order valence-electron chi connectivity index (χ3n) is 5.95. The van der Waals surface area contributed by atoms with Gasteiger partial charge in [0.15, 0.2) is 0 Å². The number of amides is 1. The molecule has 1 amide bonds. The molecular formula is C21H28N4O. The SMILES string of the molecule is Cn1nc(-c2ccccc2)c2c1CCN(C(=O)[C@@H]1CCC[C@H](N)C1)CC2. The Kier molecular flexibility index (Phi) is 4.81. The van der Waals surface area contributed by atoms with Gasteiger partial charge in [-0.1, -0.05) is 36.8 Å². The number of aryl methyl sites for hydroxylation is 1. The van der Waals surface area contributed by atoms with Crippen LogP contribution in [0.2, 0.25) is 0 Å². The summed E-state index contributed by atoms with van der Waals surface area (Å²) in [4.78, 5) is 15.1. The van der Waals surface area contributed by atoms with Crippen molar-refractivity contribution in [3.63, 3.8) is 0 Å². The average Bonchev–Trinajstić information content (AvgIpc) is 2.83. The number of nitrogens with two attached hydrogens (primary N) is 1. The lowest BCUT2D eigenvalue weighted by Crippen LogP contribution is -2.41. The maximum absolute atomic E-state index is 13.0. The molecule has 138 valence electrons. The lowest BCUT2D eigenvalue weighted by molar-refractivity contribution is -0.136. The van der Waals surface area contributed by atoms with Crippen LogP contribution in [0.5, 0.6) is 0 Å². The average molecular weight is 352 g/mol. The zero-order valence-electron chi connectivity index (χ0n) is 15.5. The minimum absolute atomic E-state index is 0.117. The van der Waals surface area contributed by atoms with Crippen LogP contribution in [0.25, 0.3) is 11.3 Å². The molecule has 0 bridgehead atoms. The Balaban J connectivity index is 1.53. The van der Waals surface area contributed by atoms with Crippen molar-refractivity contribution in [2.45, 2.75) is 44.6 Å². The molecule has 1 aromatic heterocycles. The van der Waals surface area contributed by atoms with Crippen LogP contribution in [0.3, 0.4) is 0 Å². The lowest BCUT2D eigenvalue weighted by Gasteiger charge is -2.30. The van der Waals surface area contributed by atoms with Crippen molar-refractivity contribution in [3.8, 4) is 11.3 Å². The summed E-state index contributed by atoms with van der Waals surface area (Å²) in [7, 11) is 2.02. The number of benzene rings is 1. The fourth-order valence-electron chi connectivity index (χ4n) is 4.54. The molecule has 4 rings (SSSR count). The van der Waals surface area contributed by atoms with Crippen molar-refractivity contribution >= 4 is 5.91 Å². The number of fused-ring (bicyclic) bond motifs is 1. The molecule has 2 heterocycles. The Labute approximate surface area is 155 Å². The molecule has 5 nitrogen and oxygen atoms in total. The van der Waals surface area contributed by atoms with E-state index in [-0.39, 0.29) is 12.0 Å². The molecule has 2 atom stereocenters. The van der Waals surface area contributed by atoms with Gasteiger partial charge in [-0.15, -0.1) is 0 Å². The number of carbonyl (C=O) groups excluding carboxylic acids is 1. The zero-order valence-corrected chi connectivity index (χ0v) is 15.5. The maximum atomic E-state index is 13.0. The van der Waals surface area contributed by atoms with Crippen molar-refractivity contribution in [2.24, 2.45) is 18.7 Å². The summed E-state index contributed by atoms with van der Waals surface area (Å²) in [5.41, 5.74) is 10.9. The summed E-state index contributed by atoms with van der Waals surface area (Å²) >= 11 is 0. The van der Waals surface area contributed by atoms with Crippen LogP contribution < -0.4 is 5.73 Å². The standard InChI is InChI=1S/C21H28N4O/c1-24-19-11-13-25(21(26)16-8-5-9-17(22)14-16)12-10-18(19)20(23-24)15-6-3-2-4-7-15/h2-4,6-7,16-17H,5,8-14,22H2,1H3/t16-,17+/m1/s1. The molecule has 26 heavy (non-hydrogen) atoms. The zero-order chi connectivity index (χ0) is 18.1. The minimum Gasteiger partial charge on any atom is -0.342 e. The third-order valence-corrected chi connectivity index (χ3v) is 5.95. The van der Waals surface area contributed by atoms with E-state index in [1.165, 1.54) is 11.3 Å². The second-order valence-corrected chi connectivity index (χ2v) is 7.71. The number of hydrogen-bond donors (Lipinski definition) is 1. The summed E-state index contributed by atoms with van der Waals surface area (Å²) in [5.74, 6) is 0.425. The molecule has 1 aliphatic carbocycles. The summed E-state index contributed by atoms with van der Waals surface area (Å²) in [6.07, 6.45) is 5.72. The molecule has 1 aliphatic heterocycles. The van der Waals surface area contributed by atoms with Gasteiger partial charge in [-0.05, 0) is 25.7 Å². The smallest absolute Gasteiger partial charge is 0.225 e. The van der Waals surface area contributed by atoms with E-state index in [1.807, 2.05) is 17.8 Å². The predicted octanol–water partition coefficient (Wildman–Crippen LogP) is 2.53. The van der Waals surface area contributed by atoms with Gasteiger partial charge in [0.1, 0.15) is 0 Å². The van der Waals surface area contributed by atoms with Gasteiger partial charge in [0.25, 0.3) is 0 Å². The van der Waals surface area contributed by atoms with Gasteiger partial charge in [0.2, 0.25) is 5.91 Å². The van der Waals surface area contributed by atoms with Gasteiger partial charge in [-0.25, -0.2) is 0 Å². The Bertz CT molecular complexity index is 783. The van der Waals surface area contributed by atoms with E-state index in [4.69, 9.17) is 10.8 Å². The van der Waals surface area contributed by atoms with Gasteiger partial charge in [-0.3, -0.25) is 9.48 Å². The van der Waals surface area contributed by atoms with Crippen molar-refractivity contribution in [2.75, 3.05) is 13.1 Å². The Hall–Kier alpha value is -2.14. The van der Waals surface area contributed by atoms with E-state index in [9.17, 15) is 4.79 Å². The van der Waals surface area contributed by atoms with E-state index in [0.717, 1.165) is 62.9 Å². The molecule has 2 aliphatic rings. The van der Waals surface area contributed by atoms with E-state index in [0.29, 0.717) is 5.91 Å². The molecule has 1 fully saturated rings. The summed E-state index contributed by atoms with van der Waals surface area (Å²) in [5, 5.41) is 4.77. The van der Waals surface area contributed by atoms with Gasteiger partial charge in [-0.2, -0.15) is 5.10 Å². The Morgan fingerprint density at radius 1 is 1.15 bits per heavy atom. The highest BCUT2D eigenvalue weighted by Crippen LogP contribution is 2.30. The monoisotopic (exact) mass is 352 g/mol. The first-order chi connectivity index (χ1) is 12.6. The van der Waals surface area contributed by atoms with E-state index in [2.05, 4.69) is 29.2 Å². The highest BCUT2D eigenvalue weighted by atomic mass is 16.2. The Morgan fingerprint density at radius 3 is 2.69 bits per heavy atom. The summed E-state index contributed by atoms with van der Waals surface area (Å²) in [6.45, 7) is 1.56. The minimum atomic E-state index is 0.117. The largest absolute Gasteiger partial charge is 0.342 e. The highest BCUT2D eigenvalue weighted by molar-refractivity contribution is 5.79. The van der Waals surface area contributed by atoms with Crippen LogP contribution in [0.15, 0.2) is 30.3 Å². The van der Waals surface area contributed by atoms with Gasteiger partial charge in [0, 0.05) is 55.3 Å². The molecule has 1 aromatic carbocycles. The van der Waals surface area contributed by atoms with Crippen LogP contribution in [0.1, 0.15) is 36.9 Å². The third kappa shape index (κ3) is 3.28. The van der Waals surface area contributed by atoms with Crippen molar-refractivity contribution in [1.29, 1.82) is 0 Å². The van der Waals surface area contributed by atoms with Gasteiger partial charge < -0.3 is 10.6 Å². The molecule has 2 aromatic rings. The van der Waals surface area contributed by atoms with Crippen molar-refractivity contribution < 1.29 is 4.79 Å². The molecule has 5 heteroatoms. The van der Waals surface area contributed by atoms with Crippen LogP contribution in [0.4, 0.5) is 0 Å². The molecule has 1 saturated carbocycles. The van der Waals surface area contributed by atoms with Crippen molar-refractivity contribution in [3.05, 3.63) is 41.6 Å². The number of hydrogen-bond acceptors (Lipinski definition) is 3. The topological polar surface area (TPSA) is 64.2 Å². The summed E-state index contributed by atoms with van der Waals surface area (Å²) < 4.78 is 2.00. The maximum Gasteiger partial charge on any atom is 0.225 e. The summed E-state index contributed by atoms with van der Waals surface area (Å²) in [6, 6.07) is 10.5. The lowest BCUT2D eigenvalue weighted by atomic mass is 9.85. The number of rotatable bonds is 2. The fourth-order valence-corrected chi connectivity index (χ4v) is 4.54. The molecule has 0 saturated heterocycles. The van der Waals surface area contributed by atoms with E-state index >= 15 is 0 Å². The quantitative estimate of drug-likeness (QED) is 0.903. The first-order valence-electron chi connectivity index (χ1n) is 9.78. The van der Waals surface area contributed by atoms with E-state index < -0.39 is 0 Å². The number of carbonyl (C=O) groups is 1. The molecule has 2 N–H and O–H groups in total. The van der Waals surface area contributed by atoms with E-state index in [1.54, 1.807) is 0 Å². The second kappa shape index (κ2) is 7.23. The highest BCUT2D eigenvalue weighted by Gasteiger charge is 2.31. The fraction of sp³-hybridized carbons (Fsp3) is 0.524. The number of nitrogens with zero attached hydrogens (tertiary/aromatic N) is 3. The molecule has 0 radical (unpaired) electrons. The first-order valence-corrected chi connectivity index (χ1v) is 9.78. The number of aromatic nitrogens is 2.